The molecule has 0 saturated heterocycles. The Balaban J connectivity index is 2.34. The monoisotopic (exact) mass is 282 g/mol. The first kappa shape index (κ1) is 14.7. The van der Waals surface area contributed by atoms with Gasteiger partial charge in [0.15, 0.2) is 5.92 Å². The maximum Gasteiger partial charge on any atom is 0.248 e. The van der Waals surface area contributed by atoms with E-state index >= 15 is 0 Å². The van der Waals surface area contributed by atoms with Crippen LogP contribution in [0.4, 0.5) is 10.1 Å². The molecule has 4 heteroatoms. The van der Waals surface area contributed by atoms with Gasteiger partial charge in [-0.15, -0.1) is 0 Å². The number of benzene rings is 2. The fourth-order valence-electron chi connectivity index (χ4n) is 2.18. The zero-order chi connectivity index (χ0) is 15.2. The molecule has 0 N–H and O–H groups in total. The number of carbonyl (C=O) groups is 1. The van der Waals surface area contributed by atoms with Gasteiger partial charge in [-0.2, -0.15) is 5.26 Å². The summed E-state index contributed by atoms with van der Waals surface area (Å²) in [5.41, 5.74) is 1.10. The molecule has 0 aliphatic rings. The van der Waals surface area contributed by atoms with Crippen molar-refractivity contribution in [3.8, 4) is 6.07 Å². The van der Waals surface area contributed by atoms with E-state index in [0.29, 0.717) is 17.8 Å². The summed E-state index contributed by atoms with van der Waals surface area (Å²) >= 11 is 0. The molecule has 0 radical (unpaired) electrons. The zero-order valence-electron chi connectivity index (χ0n) is 11.7. The van der Waals surface area contributed by atoms with E-state index in [9.17, 15) is 14.4 Å². The van der Waals surface area contributed by atoms with Crippen molar-refractivity contribution in [2.75, 3.05) is 11.4 Å². The fraction of sp³-hybridized carbons (Fsp3) is 0.176. The number of nitriles is 1. The van der Waals surface area contributed by atoms with Gasteiger partial charge >= 0.3 is 0 Å². The molecule has 3 nitrogen and oxygen atoms in total. The predicted molar refractivity (Wildman–Crippen MR) is 79.2 cm³/mol. The van der Waals surface area contributed by atoms with Gasteiger partial charge < -0.3 is 4.90 Å². The van der Waals surface area contributed by atoms with Gasteiger partial charge in [-0.3, -0.25) is 4.79 Å². The molecule has 0 aromatic heterocycles. The van der Waals surface area contributed by atoms with Crippen LogP contribution in [0.2, 0.25) is 0 Å². The summed E-state index contributed by atoms with van der Waals surface area (Å²) in [5, 5.41) is 9.32. The minimum atomic E-state index is -0.894. The van der Waals surface area contributed by atoms with Crippen molar-refractivity contribution >= 4 is 11.6 Å². The van der Waals surface area contributed by atoms with Gasteiger partial charge in [0.2, 0.25) is 5.91 Å². The van der Waals surface area contributed by atoms with Crippen LogP contribution in [0.1, 0.15) is 18.4 Å². The van der Waals surface area contributed by atoms with E-state index in [1.54, 1.807) is 43.3 Å². The molecule has 0 bridgehead atoms. The molecule has 2 rings (SSSR count). The number of hydrogen-bond acceptors (Lipinski definition) is 2. The Morgan fingerprint density at radius 3 is 2.52 bits per heavy atom. The number of anilines is 1. The van der Waals surface area contributed by atoms with Crippen molar-refractivity contribution in [1.82, 2.24) is 0 Å². The van der Waals surface area contributed by atoms with E-state index < -0.39 is 11.7 Å². The van der Waals surface area contributed by atoms with Crippen molar-refractivity contribution in [3.05, 3.63) is 66.0 Å². The van der Waals surface area contributed by atoms with Crippen LogP contribution < -0.4 is 4.90 Å². The first-order valence-corrected chi connectivity index (χ1v) is 6.69. The second-order valence-corrected chi connectivity index (χ2v) is 4.54. The number of amides is 1. The van der Waals surface area contributed by atoms with Crippen molar-refractivity contribution < 1.29 is 9.18 Å². The molecule has 0 saturated carbocycles. The van der Waals surface area contributed by atoms with E-state index in [-0.39, 0.29) is 5.91 Å². The number of nitrogens with zero attached hydrogens (tertiary/aromatic N) is 2. The molecule has 0 heterocycles. The van der Waals surface area contributed by atoms with Crippen molar-refractivity contribution in [2.24, 2.45) is 0 Å². The molecule has 0 fully saturated rings. The van der Waals surface area contributed by atoms with Gasteiger partial charge in [0.25, 0.3) is 0 Å². The summed E-state index contributed by atoms with van der Waals surface area (Å²) in [5.74, 6) is -1.65. The predicted octanol–water partition coefficient (Wildman–Crippen LogP) is 3.49. The third kappa shape index (κ3) is 3.26. The van der Waals surface area contributed by atoms with Gasteiger partial charge in [-0.1, -0.05) is 36.4 Å². The highest BCUT2D eigenvalue weighted by atomic mass is 19.1. The van der Waals surface area contributed by atoms with Crippen LogP contribution in [0.5, 0.6) is 0 Å². The molecule has 1 amide bonds. The Morgan fingerprint density at radius 1 is 1.24 bits per heavy atom. The highest BCUT2D eigenvalue weighted by Crippen LogP contribution is 2.23. The lowest BCUT2D eigenvalue weighted by molar-refractivity contribution is -0.118. The normalized spacial score (nSPS) is 11.5. The standard InChI is InChI=1S/C17H15FN2O/c1-2-20(15-10-6-9-14(18)11-15)17(21)16(12-19)13-7-4-3-5-8-13/h3-11,16H,2H2,1H3. The first-order valence-electron chi connectivity index (χ1n) is 6.69. The van der Waals surface area contributed by atoms with Crippen molar-refractivity contribution in [2.45, 2.75) is 12.8 Å². The number of halogens is 1. The van der Waals surface area contributed by atoms with Crippen molar-refractivity contribution in [1.29, 1.82) is 5.26 Å². The summed E-state index contributed by atoms with van der Waals surface area (Å²) in [6.07, 6.45) is 0. The summed E-state index contributed by atoms with van der Waals surface area (Å²) in [7, 11) is 0. The summed E-state index contributed by atoms with van der Waals surface area (Å²) in [6, 6.07) is 16.7. The van der Waals surface area contributed by atoms with E-state index in [4.69, 9.17) is 0 Å². The highest BCUT2D eigenvalue weighted by molar-refractivity contribution is 5.99. The van der Waals surface area contributed by atoms with Gasteiger partial charge in [0.05, 0.1) is 6.07 Å². The lowest BCUT2D eigenvalue weighted by Crippen LogP contribution is -2.34. The smallest absolute Gasteiger partial charge is 0.248 e. The van der Waals surface area contributed by atoms with Crippen molar-refractivity contribution in [3.63, 3.8) is 0 Å². The summed E-state index contributed by atoms with van der Waals surface area (Å²) in [6.45, 7) is 2.16. The van der Waals surface area contributed by atoms with E-state index in [1.165, 1.54) is 17.0 Å². The second-order valence-electron chi connectivity index (χ2n) is 4.54. The molecule has 1 unspecified atom stereocenters. The van der Waals surface area contributed by atoms with Crippen LogP contribution in [-0.4, -0.2) is 12.5 Å². The SMILES string of the molecule is CCN(C(=O)C(C#N)c1ccccc1)c1cccc(F)c1. The molecule has 2 aromatic rings. The van der Waals surface area contributed by atoms with E-state index in [0.717, 1.165) is 0 Å². The number of likely N-dealkylation sites (N-methyl/N-ethyl adjacent to an activating group) is 1. The minimum Gasteiger partial charge on any atom is -0.311 e. The van der Waals surface area contributed by atoms with Crippen LogP contribution in [0, 0.1) is 17.1 Å². The Hall–Kier alpha value is -2.67. The molecule has 2 aromatic carbocycles. The molecule has 1 atom stereocenters. The number of rotatable bonds is 4. The first-order chi connectivity index (χ1) is 10.2. The number of hydrogen-bond donors (Lipinski definition) is 0. The molecule has 0 spiro atoms. The lowest BCUT2D eigenvalue weighted by atomic mass is 9.99. The Labute approximate surface area is 123 Å². The Kier molecular flexibility index (Phi) is 4.68. The molecular weight excluding hydrogens is 267 g/mol. The largest absolute Gasteiger partial charge is 0.311 e. The van der Waals surface area contributed by atoms with Gasteiger partial charge in [-0.25, -0.2) is 4.39 Å². The van der Waals surface area contributed by atoms with Crippen LogP contribution in [0.25, 0.3) is 0 Å². The third-order valence-electron chi connectivity index (χ3n) is 3.21. The zero-order valence-corrected chi connectivity index (χ0v) is 11.7. The van der Waals surface area contributed by atoms with Gasteiger partial charge in [0, 0.05) is 12.2 Å². The highest BCUT2D eigenvalue weighted by Gasteiger charge is 2.26. The maximum atomic E-state index is 13.3. The third-order valence-corrected chi connectivity index (χ3v) is 3.21. The fourth-order valence-corrected chi connectivity index (χ4v) is 2.18. The average molecular weight is 282 g/mol. The quantitative estimate of drug-likeness (QED) is 0.861. The van der Waals surface area contributed by atoms with Crippen LogP contribution >= 0.6 is 0 Å². The molecule has 106 valence electrons. The summed E-state index contributed by atoms with van der Waals surface area (Å²) < 4.78 is 13.3. The van der Waals surface area contributed by atoms with Crippen LogP contribution in [0.3, 0.4) is 0 Å². The molecule has 0 aliphatic carbocycles. The van der Waals surface area contributed by atoms with E-state index in [1.807, 2.05) is 12.1 Å². The topological polar surface area (TPSA) is 44.1 Å². The summed E-state index contributed by atoms with van der Waals surface area (Å²) in [4.78, 5) is 14.0. The average Bonchev–Trinajstić information content (AvgIpc) is 2.50. The number of carbonyl (C=O) groups excluding carboxylic acids is 1. The van der Waals surface area contributed by atoms with Gasteiger partial charge in [0.1, 0.15) is 5.82 Å². The van der Waals surface area contributed by atoms with E-state index in [2.05, 4.69) is 0 Å². The lowest BCUT2D eigenvalue weighted by Gasteiger charge is -2.23. The van der Waals surface area contributed by atoms with Gasteiger partial charge in [-0.05, 0) is 30.7 Å². The second kappa shape index (κ2) is 6.67. The maximum absolute atomic E-state index is 13.3. The molecule has 0 aliphatic heterocycles. The Morgan fingerprint density at radius 2 is 1.95 bits per heavy atom. The minimum absolute atomic E-state index is 0.350. The van der Waals surface area contributed by atoms with Crippen LogP contribution in [-0.2, 0) is 4.79 Å². The molecule has 21 heavy (non-hydrogen) atoms. The molecular formula is C17H15FN2O. The Bertz CT molecular complexity index is 664. The van der Waals surface area contributed by atoms with Crippen LogP contribution in [0.15, 0.2) is 54.6 Å².